The zero-order chi connectivity index (χ0) is 12.2. The van der Waals surface area contributed by atoms with Crippen LogP contribution in [-0.2, 0) is 9.47 Å². The van der Waals surface area contributed by atoms with E-state index in [-0.39, 0.29) is 0 Å². The topological polar surface area (TPSA) is 25.1 Å². The van der Waals surface area contributed by atoms with Gasteiger partial charge < -0.3 is 9.47 Å². The van der Waals surface area contributed by atoms with Gasteiger partial charge in [-0.3, -0.25) is 0 Å². The Kier molecular flexibility index (Phi) is 5.84. The molecule has 3 heterocycles. The van der Waals surface area contributed by atoms with Crippen LogP contribution in [0.2, 0.25) is 0 Å². The molecule has 3 fully saturated rings. The van der Waals surface area contributed by atoms with Gasteiger partial charge in [-0.2, -0.15) is 47.0 Å². The number of rotatable bonds is 8. The molecule has 0 saturated carbocycles. The van der Waals surface area contributed by atoms with Crippen LogP contribution in [-0.4, -0.2) is 70.4 Å². The molecule has 104 valence electrons. The van der Waals surface area contributed by atoms with Crippen LogP contribution in [0, 0.1) is 0 Å². The Hall–Kier alpha value is 1.32. The van der Waals surface area contributed by atoms with Crippen molar-refractivity contribution >= 4 is 47.0 Å². The Morgan fingerprint density at radius 2 is 1.22 bits per heavy atom. The molecule has 3 aliphatic heterocycles. The van der Waals surface area contributed by atoms with Gasteiger partial charge in [0.1, 0.15) is 0 Å². The molecular formula is C12H20O2S4. The molecule has 0 aliphatic carbocycles. The lowest BCUT2D eigenvalue weighted by Gasteiger charge is -2.27. The highest BCUT2D eigenvalue weighted by Gasteiger charge is 2.26. The molecule has 3 saturated heterocycles. The summed E-state index contributed by atoms with van der Waals surface area (Å²) in [5.41, 5.74) is 0. The predicted octanol–water partition coefficient (Wildman–Crippen LogP) is 2.47. The highest BCUT2D eigenvalue weighted by Crippen LogP contribution is 2.34. The first-order valence-electron chi connectivity index (χ1n) is 6.52. The summed E-state index contributed by atoms with van der Waals surface area (Å²) in [5.74, 6) is 7.73. The summed E-state index contributed by atoms with van der Waals surface area (Å²) in [6.45, 7) is 2.01. The van der Waals surface area contributed by atoms with Crippen LogP contribution in [0.25, 0.3) is 0 Å². The van der Waals surface area contributed by atoms with Crippen LogP contribution in [0.15, 0.2) is 0 Å². The minimum Gasteiger partial charge on any atom is -0.372 e. The van der Waals surface area contributed by atoms with Crippen LogP contribution in [0.3, 0.4) is 0 Å². The Bertz CT molecular complexity index is 224. The maximum Gasteiger partial charge on any atom is 0.0900 e. The molecule has 4 atom stereocenters. The van der Waals surface area contributed by atoms with Crippen LogP contribution in [0.5, 0.6) is 0 Å². The van der Waals surface area contributed by atoms with Gasteiger partial charge in [0.2, 0.25) is 0 Å². The van der Waals surface area contributed by atoms with Crippen LogP contribution >= 0.6 is 47.0 Å². The van der Waals surface area contributed by atoms with E-state index in [1.54, 1.807) is 0 Å². The van der Waals surface area contributed by atoms with Crippen molar-refractivity contribution < 1.29 is 9.47 Å². The Labute approximate surface area is 126 Å². The molecule has 0 amide bonds. The molecule has 0 aromatic carbocycles. The quantitative estimate of drug-likeness (QED) is 0.636. The molecule has 18 heavy (non-hydrogen) atoms. The van der Waals surface area contributed by atoms with E-state index in [4.69, 9.17) is 9.47 Å². The van der Waals surface area contributed by atoms with Gasteiger partial charge >= 0.3 is 0 Å². The lowest BCUT2D eigenvalue weighted by molar-refractivity contribution is 0.426. The second-order valence-corrected chi connectivity index (χ2v) is 9.71. The van der Waals surface area contributed by atoms with Crippen molar-refractivity contribution in [2.75, 3.05) is 47.7 Å². The summed E-state index contributed by atoms with van der Waals surface area (Å²) in [6.07, 6.45) is 1.18. The van der Waals surface area contributed by atoms with Crippen molar-refractivity contribution in [2.45, 2.75) is 22.7 Å². The number of hydrogen-bond donors (Lipinski definition) is 0. The second-order valence-electron chi connectivity index (χ2n) is 4.90. The first kappa shape index (κ1) is 14.3. The van der Waals surface area contributed by atoms with E-state index in [0.717, 1.165) is 23.7 Å². The highest BCUT2D eigenvalue weighted by atomic mass is 32.2. The van der Waals surface area contributed by atoms with E-state index in [9.17, 15) is 0 Å². The molecule has 3 aliphatic rings. The molecule has 0 aromatic heterocycles. The summed E-state index contributed by atoms with van der Waals surface area (Å²) in [6, 6.07) is 0. The van der Waals surface area contributed by atoms with E-state index in [0.29, 0.717) is 12.2 Å². The first-order valence-corrected chi connectivity index (χ1v) is 10.9. The fourth-order valence-electron chi connectivity index (χ4n) is 1.77. The van der Waals surface area contributed by atoms with E-state index in [2.05, 4.69) is 47.0 Å². The summed E-state index contributed by atoms with van der Waals surface area (Å²) in [7, 11) is 0. The molecule has 0 aromatic rings. The molecule has 3 rings (SSSR count). The van der Waals surface area contributed by atoms with Gasteiger partial charge in [0.05, 0.1) is 25.4 Å². The molecule has 4 unspecified atom stereocenters. The number of thioether (sulfide) groups is 4. The lowest BCUT2D eigenvalue weighted by Crippen LogP contribution is -2.25. The lowest BCUT2D eigenvalue weighted by atomic mass is 10.5. The predicted molar refractivity (Wildman–Crippen MR) is 86.6 cm³/mol. The van der Waals surface area contributed by atoms with E-state index < -0.39 is 0 Å². The van der Waals surface area contributed by atoms with Gasteiger partial charge in [-0.15, -0.1) is 0 Å². The van der Waals surface area contributed by atoms with Crippen molar-refractivity contribution in [2.24, 2.45) is 0 Å². The average molecular weight is 325 g/mol. The monoisotopic (exact) mass is 324 g/mol. The zero-order valence-corrected chi connectivity index (χ0v) is 13.7. The maximum absolute atomic E-state index is 5.24. The van der Waals surface area contributed by atoms with Crippen molar-refractivity contribution in [3.05, 3.63) is 0 Å². The molecule has 0 N–H and O–H groups in total. The Morgan fingerprint density at radius 1 is 0.778 bits per heavy atom. The van der Waals surface area contributed by atoms with Gasteiger partial charge in [-0.25, -0.2) is 0 Å². The standard InChI is InChI=1S/C12H20O2S4/c1-9(13-1)3-15-5-11-7-18-12(8-17-11)6-16-4-10-2-14-10/h9-12H,1-8H2. The number of epoxide rings is 2. The molecule has 0 radical (unpaired) electrons. The van der Waals surface area contributed by atoms with Crippen LogP contribution in [0.1, 0.15) is 0 Å². The van der Waals surface area contributed by atoms with E-state index in [1.165, 1.54) is 34.5 Å². The average Bonchev–Trinajstić information content (AvgIpc) is 3.25. The minimum absolute atomic E-state index is 0.588. The van der Waals surface area contributed by atoms with E-state index in [1.807, 2.05) is 0 Å². The minimum atomic E-state index is 0.588. The maximum atomic E-state index is 5.24. The zero-order valence-electron chi connectivity index (χ0n) is 10.4. The van der Waals surface area contributed by atoms with Gasteiger partial charge in [0.15, 0.2) is 0 Å². The summed E-state index contributed by atoms with van der Waals surface area (Å²) in [5, 5.41) is 1.73. The van der Waals surface area contributed by atoms with Crippen LogP contribution < -0.4 is 0 Å². The molecule has 0 bridgehead atoms. The summed E-state index contributed by atoms with van der Waals surface area (Å²) >= 11 is 8.54. The fourth-order valence-corrected chi connectivity index (χ4v) is 7.81. The molecular weight excluding hydrogens is 304 g/mol. The normalized spacial score (nSPS) is 38.7. The largest absolute Gasteiger partial charge is 0.372 e. The molecule has 0 spiro atoms. The van der Waals surface area contributed by atoms with Crippen molar-refractivity contribution in [1.82, 2.24) is 0 Å². The van der Waals surface area contributed by atoms with Gasteiger partial charge in [0, 0.05) is 45.0 Å². The number of ether oxygens (including phenoxy) is 2. The second kappa shape index (κ2) is 7.36. The smallest absolute Gasteiger partial charge is 0.0900 e. The SMILES string of the molecule is C1OC1CSCC1CSC(CSCC2CO2)CS1. The van der Waals surface area contributed by atoms with Gasteiger partial charge in [-0.1, -0.05) is 0 Å². The first-order chi connectivity index (χ1) is 8.90. The fraction of sp³-hybridized carbons (Fsp3) is 1.00. The van der Waals surface area contributed by atoms with Crippen molar-refractivity contribution in [3.8, 4) is 0 Å². The summed E-state index contributed by atoms with van der Waals surface area (Å²) in [4.78, 5) is 0. The Morgan fingerprint density at radius 3 is 1.56 bits per heavy atom. The highest BCUT2D eigenvalue weighted by molar-refractivity contribution is 8.09. The van der Waals surface area contributed by atoms with Gasteiger partial charge in [-0.05, 0) is 0 Å². The van der Waals surface area contributed by atoms with Crippen molar-refractivity contribution in [3.63, 3.8) is 0 Å². The third kappa shape index (κ3) is 5.37. The molecule has 2 nitrogen and oxygen atoms in total. The number of hydrogen-bond acceptors (Lipinski definition) is 6. The van der Waals surface area contributed by atoms with Crippen LogP contribution in [0.4, 0.5) is 0 Å². The third-order valence-corrected chi connectivity index (χ3v) is 9.19. The molecule has 6 heteroatoms. The van der Waals surface area contributed by atoms with Gasteiger partial charge in [0.25, 0.3) is 0 Å². The van der Waals surface area contributed by atoms with Crippen molar-refractivity contribution in [1.29, 1.82) is 0 Å². The summed E-state index contributed by atoms with van der Waals surface area (Å²) < 4.78 is 10.5. The third-order valence-electron chi connectivity index (χ3n) is 3.06. The van der Waals surface area contributed by atoms with E-state index >= 15 is 0 Å². The Balaban J connectivity index is 1.21.